The van der Waals surface area contributed by atoms with Crippen LogP contribution in [0.1, 0.15) is 18.4 Å². The van der Waals surface area contributed by atoms with E-state index < -0.39 is 0 Å². The van der Waals surface area contributed by atoms with E-state index in [1.165, 1.54) is 5.56 Å². The number of nitrogens with zero attached hydrogens (tertiary/aromatic N) is 2. The molecule has 1 aliphatic carbocycles. The highest BCUT2D eigenvalue weighted by Crippen LogP contribution is 2.30. The molecule has 1 saturated heterocycles. The molecule has 0 atom stereocenters. The smallest absolute Gasteiger partial charge is 0.227 e. The first-order chi connectivity index (χ1) is 9.70. The van der Waals surface area contributed by atoms with Crippen molar-refractivity contribution in [2.75, 3.05) is 38.5 Å². The molecule has 0 aromatic heterocycles. The lowest BCUT2D eigenvalue weighted by Crippen LogP contribution is -2.43. The van der Waals surface area contributed by atoms with Crippen LogP contribution >= 0.6 is 0 Å². The topological polar surface area (TPSA) is 35.6 Å². The number of likely N-dealkylation sites (N-methyl/N-ethyl adjacent to an activating group) is 1. The minimum absolute atomic E-state index is 0.182. The number of anilines is 1. The molecule has 1 aromatic carbocycles. The zero-order valence-electron chi connectivity index (χ0n) is 12.1. The van der Waals surface area contributed by atoms with E-state index in [-0.39, 0.29) is 11.8 Å². The van der Waals surface area contributed by atoms with Gasteiger partial charge in [0.05, 0.1) is 0 Å². The number of hydrogen-bond acceptors (Lipinski definition) is 3. The van der Waals surface area contributed by atoms with Crippen molar-refractivity contribution in [3.8, 4) is 0 Å². The van der Waals surface area contributed by atoms with Gasteiger partial charge < -0.3 is 10.2 Å². The molecule has 4 heteroatoms. The van der Waals surface area contributed by atoms with Crippen molar-refractivity contribution in [1.29, 1.82) is 0 Å². The monoisotopic (exact) mass is 273 g/mol. The summed E-state index contributed by atoms with van der Waals surface area (Å²) in [5, 5.41) is 3.02. The Kier molecular flexibility index (Phi) is 4.03. The van der Waals surface area contributed by atoms with E-state index >= 15 is 0 Å². The minimum Gasteiger partial charge on any atom is -0.326 e. The van der Waals surface area contributed by atoms with E-state index in [2.05, 4.69) is 34.3 Å². The number of nitrogens with one attached hydrogen (secondary N) is 1. The van der Waals surface area contributed by atoms with Gasteiger partial charge in [0, 0.05) is 44.3 Å². The number of benzene rings is 1. The molecule has 0 radical (unpaired) electrons. The van der Waals surface area contributed by atoms with Gasteiger partial charge in [0.25, 0.3) is 0 Å². The number of carbonyl (C=O) groups is 1. The lowest BCUT2D eigenvalue weighted by Gasteiger charge is -2.32. The molecule has 0 unspecified atom stereocenters. The van der Waals surface area contributed by atoms with Crippen molar-refractivity contribution in [3.05, 3.63) is 29.8 Å². The van der Waals surface area contributed by atoms with Crippen LogP contribution < -0.4 is 5.32 Å². The van der Waals surface area contributed by atoms with Gasteiger partial charge in [-0.1, -0.05) is 12.1 Å². The van der Waals surface area contributed by atoms with Crippen LogP contribution in [-0.2, 0) is 11.3 Å². The van der Waals surface area contributed by atoms with Crippen LogP contribution in [0.4, 0.5) is 5.69 Å². The van der Waals surface area contributed by atoms with Crippen LogP contribution in [0.3, 0.4) is 0 Å². The minimum atomic E-state index is 0.182. The SMILES string of the molecule is CN1CCN(Cc2cccc(NC(=O)C3CC3)c2)CC1. The predicted molar refractivity (Wildman–Crippen MR) is 80.6 cm³/mol. The first kappa shape index (κ1) is 13.6. The van der Waals surface area contributed by atoms with E-state index in [9.17, 15) is 4.79 Å². The van der Waals surface area contributed by atoms with Crippen LogP contribution in [0.5, 0.6) is 0 Å². The third-order valence-electron chi connectivity index (χ3n) is 4.14. The Morgan fingerprint density at radius 1 is 1.25 bits per heavy atom. The Morgan fingerprint density at radius 3 is 2.70 bits per heavy atom. The largest absolute Gasteiger partial charge is 0.326 e. The second-order valence-corrected chi connectivity index (χ2v) is 6.04. The van der Waals surface area contributed by atoms with E-state index in [0.29, 0.717) is 0 Å². The summed E-state index contributed by atoms with van der Waals surface area (Å²) >= 11 is 0. The van der Waals surface area contributed by atoms with Gasteiger partial charge in [0.1, 0.15) is 0 Å². The highest BCUT2D eigenvalue weighted by atomic mass is 16.2. The quantitative estimate of drug-likeness (QED) is 0.908. The Hall–Kier alpha value is -1.39. The van der Waals surface area contributed by atoms with Gasteiger partial charge in [-0.2, -0.15) is 0 Å². The maximum Gasteiger partial charge on any atom is 0.227 e. The zero-order valence-corrected chi connectivity index (χ0v) is 12.1. The summed E-state index contributed by atoms with van der Waals surface area (Å²) in [4.78, 5) is 16.6. The molecule has 1 aliphatic heterocycles. The fourth-order valence-corrected chi connectivity index (χ4v) is 2.60. The van der Waals surface area contributed by atoms with Crippen molar-refractivity contribution in [3.63, 3.8) is 0 Å². The average Bonchev–Trinajstić information content (AvgIpc) is 3.26. The summed E-state index contributed by atoms with van der Waals surface area (Å²) in [6.45, 7) is 5.49. The molecule has 108 valence electrons. The molecule has 2 fully saturated rings. The van der Waals surface area contributed by atoms with Crippen LogP contribution in [-0.4, -0.2) is 48.9 Å². The van der Waals surface area contributed by atoms with Crippen molar-refractivity contribution >= 4 is 11.6 Å². The summed E-state index contributed by atoms with van der Waals surface area (Å²) < 4.78 is 0. The third-order valence-corrected chi connectivity index (χ3v) is 4.14. The van der Waals surface area contributed by atoms with E-state index in [4.69, 9.17) is 0 Å². The average molecular weight is 273 g/mol. The maximum absolute atomic E-state index is 11.8. The summed E-state index contributed by atoms with van der Waals surface area (Å²) in [6.07, 6.45) is 2.10. The van der Waals surface area contributed by atoms with Gasteiger partial charge >= 0.3 is 0 Å². The number of hydrogen-bond donors (Lipinski definition) is 1. The molecule has 20 heavy (non-hydrogen) atoms. The molecular weight excluding hydrogens is 250 g/mol. The highest BCUT2D eigenvalue weighted by Gasteiger charge is 2.29. The molecule has 1 saturated carbocycles. The van der Waals surface area contributed by atoms with E-state index in [0.717, 1.165) is 51.3 Å². The van der Waals surface area contributed by atoms with Crippen molar-refractivity contribution < 1.29 is 4.79 Å². The van der Waals surface area contributed by atoms with E-state index in [1.807, 2.05) is 12.1 Å². The molecule has 1 amide bonds. The molecule has 1 aromatic rings. The predicted octanol–water partition coefficient (Wildman–Crippen LogP) is 1.78. The number of rotatable bonds is 4. The van der Waals surface area contributed by atoms with Gasteiger partial charge in [-0.15, -0.1) is 0 Å². The number of carbonyl (C=O) groups excluding carboxylic acids is 1. The molecule has 3 rings (SSSR count). The van der Waals surface area contributed by atoms with E-state index in [1.54, 1.807) is 0 Å². The van der Waals surface area contributed by atoms with Gasteiger partial charge in [-0.3, -0.25) is 9.69 Å². The van der Waals surface area contributed by atoms with Crippen molar-refractivity contribution in [2.45, 2.75) is 19.4 Å². The Labute approximate surface area is 120 Å². The van der Waals surface area contributed by atoms with Crippen molar-refractivity contribution in [2.24, 2.45) is 5.92 Å². The molecule has 0 bridgehead atoms. The van der Waals surface area contributed by atoms with Gasteiger partial charge in [-0.25, -0.2) is 0 Å². The zero-order chi connectivity index (χ0) is 13.9. The van der Waals surface area contributed by atoms with Gasteiger partial charge in [0.15, 0.2) is 0 Å². The summed E-state index contributed by atoms with van der Waals surface area (Å²) in [6, 6.07) is 8.27. The van der Waals surface area contributed by atoms with Crippen LogP contribution in [0.15, 0.2) is 24.3 Å². The fourth-order valence-electron chi connectivity index (χ4n) is 2.60. The molecule has 1 N–H and O–H groups in total. The standard InChI is InChI=1S/C16H23N3O/c1-18-7-9-19(10-8-18)12-13-3-2-4-15(11-13)17-16(20)14-5-6-14/h2-4,11,14H,5-10,12H2,1H3,(H,17,20). The lowest BCUT2D eigenvalue weighted by molar-refractivity contribution is -0.117. The number of amides is 1. The maximum atomic E-state index is 11.8. The van der Waals surface area contributed by atoms with Gasteiger partial charge in [-0.05, 0) is 37.6 Å². The second-order valence-electron chi connectivity index (χ2n) is 6.04. The van der Waals surface area contributed by atoms with Crippen LogP contribution in [0.2, 0.25) is 0 Å². The molecular formula is C16H23N3O. The summed E-state index contributed by atoms with van der Waals surface area (Å²) in [5.74, 6) is 0.443. The first-order valence-corrected chi connectivity index (χ1v) is 7.51. The second kappa shape index (κ2) is 5.94. The summed E-state index contributed by atoms with van der Waals surface area (Å²) in [7, 11) is 2.17. The third kappa shape index (κ3) is 3.58. The van der Waals surface area contributed by atoms with Gasteiger partial charge in [0.2, 0.25) is 5.91 Å². The van der Waals surface area contributed by atoms with Crippen LogP contribution in [0, 0.1) is 5.92 Å². The molecule has 4 nitrogen and oxygen atoms in total. The summed E-state index contributed by atoms with van der Waals surface area (Å²) in [5.41, 5.74) is 2.22. The Bertz CT molecular complexity index is 476. The lowest BCUT2D eigenvalue weighted by atomic mass is 10.1. The van der Waals surface area contributed by atoms with Crippen molar-refractivity contribution in [1.82, 2.24) is 9.80 Å². The molecule has 0 spiro atoms. The van der Waals surface area contributed by atoms with Crippen LogP contribution in [0.25, 0.3) is 0 Å². The highest BCUT2D eigenvalue weighted by molar-refractivity contribution is 5.94. The molecule has 2 aliphatic rings. The number of piperazine rings is 1. The first-order valence-electron chi connectivity index (χ1n) is 7.51. The Balaban J connectivity index is 1.57. The fraction of sp³-hybridized carbons (Fsp3) is 0.562. The Morgan fingerprint density at radius 2 is 2.00 bits per heavy atom. The normalized spacial score (nSPS) is 20.9. The molecule has 1 heterocycles.